The van der Waals surface area contributed by atoms with Gasteiger partial charge in [-0.1, -0.05) is 6.07 Å². The first-order valence-electron chi connectivity index (χ1n) is 5.91. The number of H-pyrrole nitrogens is 1. The summed E-state index contributed by atoms with van der Waals surface area (Å²) in [6.45, 7) is 1.76. The van der Waals surface area contributed by atoms with E-state index < -0.39 is 0 Å². The summed E-state index contributed by atoms with van der Waals surface area (Å²) >= 11 is 0. The summed E-state index contributed by atoms with van der Waals surface area (Å²) in [7, 11) is 0. The van der Waals surface area contributed by atoms with E-state index in [-0.39, 0.29) is 5.56 Å². The van der Waals surface area contributed by atoms with Crippen molar-refractivity contribution in [1.82, 2.24) is 19.6 Å². The quantitative estimate of drug-likeness (QED) is 0.301. The van der Waals surface area contributed by atoms with Gasteiger partial charge in [-0.15, -0.1) is 0 Å². The van der Waals surface area contributed by atoms with Gasteiger partial charge >= 0.3 is 0 Å². The number of aromatic amines is 1. The summed E-state index contributed by atoms with van der Waals surface area (Å²) in [4.78, 5) is 20.5. The molecule has 0 spiro atoms. The van der Waals surface area contributed by atoms with Crippen LogP contribution in [0.5, 0.6) is 0 Å². The smallest absolute Gasteiger partial charge is 0.274 e. The molecule has 2 aromatic heterocycles. The molecule has 0 amide bonds. The molecular formula is C12H13N7O. The largest absolute Gasteiger partial charge is 0.397 e. The highest BCUT2D eigenvalue weighted by atomic mass is 16.1. The highest BCUT2D eigenvalue weighted by Crippen LogP contribution is 2.24. The van der Waals surface area contributed by atoms with Crippen LogP contribution in [0.2, 0.25) is 0 Å². The second-order valence-electron chi connectivity index (χ2n) is 4.37. The van der Waals surface area contributed by atoms with Crippen molar-refractivity contribution in [3.63, 3.8) is 0 Å². The van der Waals surface area contributed by atoms with E-state index in [1.165, 1.54) is 10.6 Å². The number of hydrogen-bond donors (Lipinski definition) is 4. The molecule has 0 fully saturated rings. The second-order valence-corrected chi connectivity index (χ2v) is 4.37. The van der Waals surface area contributed by atoms with Crippen molar-refractivity contribution in [2.45, 2.75) is 6.92 Å². The lowest BCUT2D eigenvalue weighted by Crippen LogP contribution is -2.14. The fourth-order valence-corrected chi connectivity index (χ4v) is 1.99. The molecule has 8 heteroatoms. The Hall–Kier alpha value is -2.87. The molecule has 0 bridgehead atoms. The molecule has 0 saturated carbocycles. The van der Waals surface area contributed by atoms with Crippen molar-refractivity contribution < 1.29 is 0 Å². The molecule has 0 aliphatic rings. The average molecular weight is 271 g/mol. The van der Waals surface area contributed by atoms with Gasteiger partial charge in [-0.2, -0.15) is 9.50 Å². The van der Waals surface area contributed by atoms with Gasteiger partial charge in [-0.3, -0.25) is 15.7 Å². The van der Waals surface area contributed by atoms with Crippen molar-refractivity contribution >= 4 is 17.2 Å². The predicted octanol–water partition coefficient (Wildman–Crippen LogP) is 0.261. The molecule has 0 radical (unpaired) electrons. The van der Waals surface area contributed by atoms with E-state index in [0.29, 0.717) is 28.7 Å². The van der Waals surface area contributed by atoms with Gasteiger partial charge in [-0.05, 0) is 19.1 Å². The Morgan fingerprint density at radius 2 is 2.10 bits per heavy atom. The van der Waals surface area contributed by atoms with Crippen molar-refractivity contribution in [1.29, 1.82) is 0 Å². The number of nitrogens with zero attached hydrogens (tertiary/aromatic N) is 3. The number of fused-ring (bicyclic) bond motifs is 1. The van der Waals surface area contributed by atoms with Crippen molar-refractivity contribution in [3.8, 4) is 11.3 Å². The molecule has 1 aromatic carbocycles. The number of hydrazine groups is 1. The van der Waals surface area contributed by atoms with Crippen LogP contribution in [-0.2, 0) is 0 Å². The standard InChI is InChI=1S/C12H13N7O/c1-6-15-12-16-10(5-11(20)19(12)18-6)7-2-3-9(17-14)8(13)4-7/h2-5,17H,13-14H2,1H3,(H,15,16,18). The maximum absolute atomic E-state index is 12.0. The number of anilines is 2. The summed E-state index contributed by atoms with van der Waals surface area (Å²) in [5.74, 6) is 6.27. The number of nitrogen functional groups attached to an aromatic ring is 2. The van der Waals surface area contributed by atoms with Crippen LogP contribution in [0.4, 0.5) is 11.4 Å². The average Bonchev–Trinajstić information content (AvgIpc) is 2.79. The first kappa shape index (κ1) is 12.2. The number of nitrogens with two attached hydrogens (primary N) is 2. The van der Waals surface area contributed by atoms with Crippen LogP contribution in [0.1, 0.15) is 5.82 Å². The SMILES string of the molecule is Cc1nc2nc(-c3ccc(NN)c(N)c3)cc(=O)n2[nH]1. The molecule has 0 atom stereocenters. The molecule has 102 valence electrons. The zero-order valence-electron chi connectivity index (χ0n) is 10.7. The monoisotopic (exact) mass is 271 g/mol. The van der Waals surface area contributed by atoms with Gasteiger partial charge in [0.25, 0.3) is 11.3 Å². The summed E-state index contributed by atoms with van der Waals surface area (Å²) in [6, 6.07) is 6.63. The Labute approximate surface area is 113 Å². The topological polar surface area (TPSA) is 127 Å². The summed E-state index contributed by atoms with van der Waals surface area (Å²) in [5.41, 5.74) is 10.4. The number of hydrogen-bond acceptors (Lipinski definition) is 6. The van der Waals surface area contributed by atoms with E-state index in [1.807, 2.05) is 0 Å². The highest BCUT2D eigenvalue weighted by molar-refractivity contribution is 5.74. The lowest BCUT2D eigenvalue weighted by Gasteiger charge is -2.07. The van der Waals surface area contributed by atoms with Gasteiger partial charge in [0, 0.05) is 11.6 Å². The molecule has 0 aliphatic carbocycles. The maximum atomic E-state index is 12.0. The van der Waals surface area contributed by atoms with Crippen molar-refractivity contribution in [3.05, 3.63) is 40.4 Å². The number of aryl methyl sites for hydroxylation is 1. The molecule has 0 aliphatic heterocycles. The number of aromatic nitrogens is 4. The van der Waals surface area contributed by atoms with Crippen molar-refractivity contribution in [2.75, 3.05) is 11.2 Å². The molecule has 2 heterocycles. The maximum Gasteiger partial charge on any atom is 0.274 e. The Kier molecular flexibility index (Phi) is 2.65. The van der Waals surface area contributed by atoms with Gasteiger partial charge in [0.1, 0.15) is 5.82 Å². The first-order chi connectivity index (χ1) is 9.58. The molecular weight excluding hydrogens is 258 g/mol. The van der Waals surface area contributed by atoms with E-state index >= 15 is 0 Å². The zero-order chi connectivity index (χ0) is 14.3. The second kappa shape index (κ2) is 4.35. The van der Waals surface area contributed by atoms with E-state index in [4.69, 9.17) is 11.6 Å². The van der Waals surface area contributed by atoms with Crippen LogP contribution in [0, 0.1) is 6.92 Å². The normalized spacial score (nSPS) is 10.9. The summed E-state index contributed by atoms with van der Waals surface area (Å²) in [5, 5.41) is 2.81. The van der Waals surface area contributed by atoms with Gasteiger partial charge in [-0.25, -0.2) is 4.98 Å². The van der Waals surface area contributed by atoms with Gasteiger partial charge in [0.15, 0.2) is 0 Å². The minimum Gasteiger partial charge on any atom is -0.397 e. The van der Waals surface area contributed by atoms with Crippen molar-refractivity contribution in [2.24, 2.45) is 5.84 Å². The molecule has 0 unspecified atom stereocenters. The van der Waals surface area contributed by atoms with Crippen LogP contribution >= 0.6 is 0 Å². The number of rotatable bonds is 2. The Bertz CT molecular complexity index is 849. The number of nitrogens with one attached hydrogen (secondary N) is 2. The van der Waals surface area contributed by atoms with Crippen LogP contribution in [0.25, 0.3) is 17.0 Å². The van der Waals surface area contributed by atoms with Crippen LogP contribution in [0.3, 0.4) is 0 Å². The Balaban J connectivity index is 2.19. The Morgan fingerprint density at radius 3 is 2.80 bits per heavy atom. The molecule has 8 nitrogen and oxygen atoms in total. The van der Waals surface area contributed by atoms with E-state index in [0.717, 1.165) is 5.56 Å². The lowest BCUT2D eigenvalue weighted by molar-refractivity contribution is 0.882. The van der Waals surface area contributed by atoms with Gasteiger partial charge < -0.3 is 11.2 Å². The third-order valence-electron chi connectivity index (χ3n) is 2.95. The molecule has 0 saturated heterocycles. The summed E-state index contributed by atoms with van der Waals surface area (Å²) in [6.07, 6.45) is 0. The lowest BCUT2D eigenvalue weighted by atomic mass is 10.1. The van der Waals surface area contributed by atoms with Gasteiger partial charge in [0.2, 0.25) is 0 Å². The summed E-state index contributed by atoms with van der Waals surface area (Å²) < 4.78 is 1.29. The first-order valence-corrected chi connectivity index (χ1v) is 5.91. The van der Waals surface area contributed by atoms with E-state index in [9.17, 15) is 4.79 Å². The molecule has 20 heavy (non-hydrogen) atoms. The minimum atomic E-state index is -0.231. The third-order valence-corrected chi connectivity index (χ3v) is 2.95. The zero-order valence-corrected chi connectivity index (χ0v) is 10.7. The molecule has 3 aromatic rings. The van der Waals surface area contributed by atoms with E-state index in [2.05, 4.69) is 20.5 Å². The molecule has 3 rings (SSSR count). The third kappa shape index (κ3) is 1.88. The Morgan fingerprint density at radius 1 is 1.30 bits per heavy atom. The predicted molar refractivity (Wildman–Crippen MR) is 76.0 cm³/mol. The van der Waals surface area contributed by atoms with Crippen LogP contribution in [0.15, 0.2) is 29.1 Å². The highest BCUT2D eigenvalue weighted by Gasteiger charge is 2.09. The fraction of sp³-hybridized carbons (Fsp3) is 0.0833. The fourth-order valence-electron chi connectivity index (χ4n) is 1.99. The van der Waals surface area contributed by atoms with Crippen LogP contribution < -0.4 is 22.6 Å². The van der Waals surface area contributed by atoms with Gasteiger partial charge in [0.05, 0.1) is 17.1 Å². The van der Waals surface area contributed by atoms with E-state index in [1.54, 1.807) is 25.1 Å². The molecule has 6 N–H and O–H groups in total. The number of benzene rings is 1. The minimum absolute atomic E-state index is 0.231. The van der Waals surface area contributed by atoms with Crippen LogP contribution in [-0.4, -0.2) is 19.6 Å².